The van der Waals surface area contributed by atoms with Gasteiger partial charge < -0.3 is 5.32 Å². The number of nitrogens with one attached hydrogen (secondary N) is 1. The summed E-state index contributed by atoms with van der Waals surface area (Å²) in [6.45, 7) is 11.1. The van der Waals surface area contributed by atoms with Crippen LogP contribution in [0.2, 0.25) is 0 Å². The number of fused-ring (bicyclic) bond motifs is 5. The molecule has 0 aromatic rings. The molecule has 0 radical (unpaired) electrons. The molecule has 0 aliphatic heterocycles. The lowest BCUT2D eigenvalue weighted by atomic mass is 9.44. The van der Waals surface area contributed by atoms with Gasteiger partial charge in [0.25, 0.3) is 0 Å². The van der Waals surface area contributed by atoms with Gasteiger partial charge in [-0.3, -0.25) is 4.79 Å². The van der Waals surface area contributed by atoms with E-state index in [1.165, 1.54) is 161 Å². The molecule has 4 aliphatic carbocycles. The van der Waals surface area contributed by atoms with Gasteiger partial charge >= 0.3 is 0 Å². The van der Waals surface area contributed by atoms with Gasteiger partial charge in [0.05, 0.1) is 0 Å². The van der Waals surface area contributed by atoms with Crippen LogP contribution in [0.25, 0.3) is 0 Å². The van der Waals surface area contributed by atoms with Crippen LogP contribution in [0.15, 0.2) is 0 Å². The van der Waals surface area contributed by atoms with E-state index in [-0.39, 0.29) is 0 Å². The summed E-state index contributed by atoms with van der Waals surface area (Å²) in [5, 5.41) is 3.27. The zero-order valence-corrected chi connectivity index (χ0v) is 30.4. The van der Waals surface area contributed by atoms with Gasteiger partial charge in [-0.05, 0) is 111 Å². The van der Waals surface area contributed by atoms with E-state index in [1.54, 1.807) is 0 Å². The van der Waals surface area contributed by atoms with Crippen LogP contribution in [0.5, 0.6) is 0 Å². The van der Waals surface area contributed by atoms with E-state index in [0.29, 0.717) is 22.7 Å². The molecule has 44 heavy (non-hydrogen) atoms. The maximum atomic E-state index is 12.7. The van der Waals surface area contributed by atoms with Gasteiger partial charge in [0.2, 0.25) is 5.91 Å². The second-order valence-corrected chi connectivity index (χ2v) is 17.3. The molecule has 4 aliphatic rings. The first-order valence-corrected chi connectivity index (χ1v) is 20.7. The highest BCUT2D eigenvalue weighted by Gasteiger charge is 2.60. The van der Waals surface area contributed by atoms with E-state index in [1.807, 2.05) is 0 Å². The average molecular weight is 612 g/mol. The van der Waals surface area contributed by atoms with Crippen molar-refractivity contribution in [3.05, 3.63) is 0 Å². The second-order valence-electron chi connectivity index (χ2n) is 17.3. The monoisotopic (exact) mass is 612 g/mol. The molecule has 4 saturated carbocycles. The van der Waals surface area contributed by atoms with Crippen molar-refractivity contribution in [2.75, 3.05) is 6.54 Å². The maximum absolute atomic E-state index is 12.7. The minimum atomic E-state index is 0.310. The van der Waals surface area contributed by atoms with E-state index in [4.69, 9.17) is 0 Å². The molecule has 8 atom stereocenters. The summed E-state index contributed by atoms with van der Waals surface area (Å²) in [6, 6.07) is 0. The van der Waals surface area contributed by atoms with Crippen LogP contribution in [-0.2, 0) is 4.79 Å². The van der Waals surface area contributed by atoms with Crippen LogP contribution in [-0.4, -0.2) is 12.5 Å². The minimum Gasteiger partial charge on any atom is -0.356 e. The van der Waals surface area contributed by atoms with Crippen LogP contribution in [0.1, 0.15) is 207 Å². The van der Waals surface area contributed by atoms with Crippen LogP contribution < -0.4 is 5.32 Å². The molecular weight excluding hydrogens is 534 g/mol. The molecule has 2 unspecified atom stereocenters. The molecule has 4 rings (SSSR count). The summed E-state index contributed by atoms with van der Waals surface area (Å²) < 4.78 is 0. The maximum Gasteiger partial charge on any atom is 0.220 e. The Kier molecular flexibility index (Phi) is 15.4. The van der Waals surface area contributed by atoms with Gasteiger partial charge in [-0.15, -0.1) is 0 Å². The molecule has 0 spiro atoms. The van der Waals surface area contributed by atoms with Crippen LogP contribution in [0, 0.1) is 46.3 Å². The van der Waals surface area contributed by atoms with Gasteiger partial charge in [0.15, 0.2) is 0 Å². The highest BCUT2D eigenvalue weighted by atomic mass is 16.1. The van der Waals surface area contributed by atoms with Gasteiger partial charge in [-0.25, -0.2) is 0 Å². The van der Waals surface area contributed by atoms with Crippen molar-refractivity contribution in [2.24, 2.45) is 46.3 Å². The van der Waals surface area contributed by atoms with Crippen molar-refractivity contribution >= 4 is 5.91 Å². The quantitative estimate of drug-likeness (QED) is 0.129. The van der Waals surface area contributed by atoms with Crippen molar-refractivity contribution in [1.82, 2.24) is 5.32 Å². The highest BCUT2D eigenvalue weighted by Crippen LogP contribution is 2.68. The average Bonchev–Trinajstić information content (AvgIpc) is 3.38. The Labute approximate surface area is 275 Å². The summed E-state index contributed by atoms with van der Waals surface area (Å²) in [4.78, 5) is 12.7. The Morgan fingerprint density at radius 3 is 1.89 bits per heavy atom. The first kappa shape index (κ1) is 36.3. The predicted molar refractivity (Wildman–Crippen MR) is 191 cm³/mol. The van der Waals surface area contributed by atoms with Gasteiger partial charge in [-0.1, -0.05) is 137 Å². The lowest BCUT2D eigenvalue weighted by Crippen LogP contribution is -2.53. The molecule has 2 nitrogen and oxygen atoms in total. The van der Waals surface area contributed by atoms with Crippen molar-refractivity contribution in [3.8, 4) is 0 Å². The SMILES string of the molecule is CCCCCCCCCCCCCCCCCCNC(=O)CCC(C)[C@H]1CC[C@H]2[C@@H]3CCC4CCCC[C@]4(C)[C@H]3CC[C@]12C. The topological polar surface area (TPSA) is 29.1 Å². The molecule has 256 valence electrons. The van der Waals surface area contributed by atoms with Crippen LogP contribution in [0.4, 0.5) is 0 Å². The van der Waals surface area contributed by atoms with E-state index >= 15 is 0 Å². The summed E-state index contributed by atoms with van der Waals surface area (Å²) in [5.74, 6) is 5.80. The number of unbranched alkanes of at least 4 members (excludes halogenated alkanes) is 15. The summed E-state index contributed by atoms with van der Waals surface area (Å²) >= 11 is 0. The fourth-order valence-electron chi connectivity index (χ4n) is 11.8. The van der Waals surface area contributed by atoms with E-state index in [0.717, 1.165) is 55.4 Å². The molecule has 0 aromatic heterocycles. The number of rotatable bonds is 21. The summed E-state index contributed by atoms with van der Waals surface area (Å²) in [7, 11) is 0. The van der Waals surface area contributed by atoms with Gasteiger partial charge in [0.1, 0.15) is 0 Å². The van der Waals surface area contributed by atoms with Crippen LogP contribution >= 0.6 is 0 Å². The number of carbonyl (C=O) groups is 1. The van der Waals surface area contributed by atoms with Crippen molar-refractivity contribution in [1.29, 1.82) is 0 Å². The van der Waals surface area contributed by atoms with Gasteiger partial charge in [-0.2, -0.15) is 0 Å². The molecule has 0 aromatic carbocycles. The standard InChI is InChI=1S/C42H77NO/c1-5-6-7-8-9-10-11-12-13-14-15-16-17-18-19-22-33-43-40(44)29-24-34(2)37-27-28-38-36-26-25-35-23-20-21-31-41(35,3)39(36)30-32-42(37,38)4/h34-39H,5-33H2,1-4H3,(H,43,44)/t34?,35?,36-,37+,38-,39-,41-,42+/m0/s1. The summed E-state index contributed by atoms with van der Waals surface area (Å²) in [6.07, 6.45) is 39.1. The largest absolute Gasteiger partial charge is 0.356 e. The number of hydrogen-bond acceptors (Lipinski definition) is 1. The molecule has 0 heterocycles. The predicted octanol–water partition coefficient (Wildman–Crippen LogP) is 12.8. The van der Waals surface area contributed by atoms with E-state index < -0.39 is 0 Å². The molecule has 4 fully saturated rings. The molecule has 2 heteroatoms. The highest BCUT2D eigenvalue weighted by molar-refractivity contribution is 5.75. The number of carbonyl (C=O) groups excluding carboxylic acids is 1. The number of amides is 1. The van der Waals surface area contributed by atoms with Crippen molar-refractivity contribution in [2.45, 2.75) is 207 Å². The Hall–Kier alpha value is -0.530. The first-order valence-electron chi connectivity index (χ1n) is 20.7. The van der Waals surface area contributed by atoms with Crippen molar-refractivity contribution in [3.63, 3.8) is 0 Å². The Morgan fingerprint density at radius 1 is 0.659 bits per heavy atom. The Balaban J connectivity index is 1.01. The fourth-order valence-corrected chi connectivity index (χ4v) is 11.8. The zero-order valence-electron chi connectivity index (χ0n) is 30.4. The third-order valence-electron chi connectivity index (χ3n) is 14.5. The molecule has 1 N–H and O–H groups in total. The van der Waals surface area contributed by atoms with Crippen LogP contribution in [0.3, 0.4) is 0 Å². The normalized spacial score (nSPS) is 33.8. The first-order chi connectivity index (χ1) is 21.4. The number of hydrogen-bond donors (Lipinski definition) is 1. The zero-order chi connectivity index (χ0) is 31.3. The molecule has 1 amide bonds. The van der Waals surface area contributed by atoms with Gasteiger partial charge in [0, 0.05) is 13.0 Å². The lowest BCUT2D eigenvalue weighted by molar-refractivity contribution is -0.122. The third kappa shape index (κ3) is 9.75. The molecule has 0 bridgehead atoms. The summed E-state index contributed by atoms with van der Waals surface area (Å²) in [5.41, 5.74) is 1.18. The minimum absolute atomic E-state index is 0.310. The lowest BCUT2D eigenvalue weighted by Gasteiger charge is -2.61. The van der Waals surface area contributed by atoms with E-state index in [9.17, 15) is 4.79 Å². The molecular formula is C42H77NO. The third-order valence-corrected chi connectivity index (χ3v) is 14.5. The second kappa shape index (κ2) is 18.7. The smallest absolute Gasteiger partial charge is 0.220 e. The Morgan fingerprint density at radius 2 is 1.25 bits per heavy atom. The fraction of sp³-hybridized carbons (Fsp3) is 0.976. The Bertz CT molecular complexity index is 808. The van der Waals surface area contributed by atoms with E-state index in [2.05, 4.69) is 33.0 Å². The van der Waals surface area contributed by atoms with Crippen molar-refractivity contribution < 1.29 is 4.79 Å². The molecule has 0 saturated heterocycles.